The van der Waals surface area contributed by atoms with Gasteiger partial charge in [0.2, 0.25) is 0 Å². The standard InChI is InChI=1S/C16H18F3N4O9P/c1-8-5-23(15(28)20-12(8)26)13-11(25)10(24)9(31-13)6-30-33(29,22-4-3-21(2)7-22)32-14(27)16(17,18)19/h3-5,7,9-11,13,24-25H,6H2,1-2H3/p+1/t9-,10-,11-,13-,33?/m1/s1. The van der Waals surface area contributed by atoms with Gasteiger partial charge in [-0.15, -0.1) is 4.34 Å². The number of carbonyl (C=O) groups is 1. The van der Waals surface area contributed by atoms with Crippen LogP contribution in [0.5, 0.6) is 0 Å². The minimum Gasteiger partial charge on any atom is -0.387 e. The van der Waals surface area contributed by atoms with Gasteiger partial charge in [-0.3, -0.25) is 18.9 Å². The summed E-state index contributed by atoms with van der Waals surface area (Å²) < 4.78 is 68.2. The Morgan fingerprint density at radius 3 is 2.58 bits per heavy atom. The van der Waals surface area contributed by atoms with E-state index in [4.69, 9.17) is 9.26 Å². The fourth-order valence-electron chi connectivity index (χ4n) is 2.92. The normalized spacial score (nSPS) is 25.1. The molecule has 1 aliphatic heterocycles. The molecule has 1 fully saturated rings. The average Bonchev–Trinajstić information content (AvgIpc) is 3.27. The maximum atomic E-state index is 13.0. The number of halogens is 3. The molecule has 0 radical (unpaired) electrons. The fourth-order valence-corrected chi connectivity index (χ4v) is 4.36. The van der Waals surface area contributed by atoms with Gasteiger partial charge in [-0.1, -0.05) is 0 Å². The second-order valence-electron chi connectivity index (χ2n) is 7.12. The molecule has 182 valence electrons. The van der Waals surface area contributed by atoms with Crippen LogP contribution in [-0.4, -0.2) is 61.2 Å². The number of aromatic nitrogens is 4. The highest BCUT2D eigenvalue weighted by Crippen LogP contribution is 2.51. The monoisotopic (exact) mass is 499 g/mol. The zero-order valence-electron chi connectivity index (χ0n) is 17.0. The van der Waals surface area contributed by atoms with E-state index in [1.54, 1.807) is 0 Å². The molecule has 13 nitrogen and oxygen atoms in total. The molecule has 1 aliphatic rings. The second kappa shape index (κ2) is 8.87. The van der Waals surface area contributed by atoms with Gasteiger partial charge in [0.05, 0.1) is 13.7 Å². The van der Waals surface area contributed by atoms with Gasteiger partial charge in [-0.25, -0.2) is 18.7 Å². The number of aryl methyl sites for hydroxylation is 2. The lowest BCUT2D eigenvalue weighted by atomic mass is 10.1. The van der Waals surface area contributed by atoms with Crippen LogP contribution in [-0.2, 0) is 30.2 Å². The van der Waals surface area contributed by atoms with Crippen LogP contribution in [0, 0.1) is 6.92 Å². The van der Waals surface area contributed by atoms with Gasteiger partial charge in [-0.05, 0) is 6.92 Å². The van der Waals surface area contributed by atoms with Crippen LogP contribution < -0.4 is 15.8 Å². The lowest BCUT2D eigenvalue weighted by Crippen LogP contribution is -2.38. The summed E-state index contributed by atoms with van der Waals surface area (Å²) in [6.45, 7) is 0.464. The van der Waals surface area contributed by atoms with Gasteiger partial charge >= 0.3 is 25.6 Å². The highest BCUT2D eigenvalue weighted by atomic mass is 31.2. The van der Waals surface area contributed by atoms with E-state index in [0.29, 0.717) is 4.34 Å². The SMILES string of the molecule is Cc1cn([C@@H]2O[C@H](COP(=O)(OC(=O)C(F)(F)F)n3cc[n+](C)c3)[C@@H](O)[C@H]2O)c(=O)[nH]c1=O. The molecule has 17 heteroatoms. The Morgan fingerprint density at radius 2 is 2.00 bits per heavy atom. The van der Waals surface area contributed by atoms with Crippen molar-refractivity contribution in [3.8, 4) is 0 Å². The van der Waals surface area contributed by atoms with Crippen molar-refractivity contribution in [1.29, 1.82) is 0 Å². The summed E-state index contributed by atoms with van der Waals surface area (Å²) in [5.41, 5.74) is -1.56. The van der Waals surface area contributed by atoms with E-state index in [1.807, 2.05) is 4.98 Å². The van der Waals surface area contributed by atoms with Crippen molar-refractivity contribution >= 4 is 13.7 Å². The predicted molar refractivity (Wildman–Crippen MR) is 98.7 cm³/mol. The molecular formula is C16H19F3N4O9P+. The number of nitrogens with zero attached hydrogens (tertiary/aromatic N) is 3. The molecule has 1 saturated heterocycles. The van der Waals surface area contributed by atoms with Crippen molar-refractivity contribution in [2.24, 2.45) is 7.05 Å². The zero-order valence-corrected chi connectivity index (χ0v) is 17.9. The minimum atomic E-state index is -5.47. The molecule has 5 atom stereocenters. The van der Waals surface area contributed by atoms with E-state index >= 15 is 0 Å². The number of ether oxygens (including phenoxy) is 1. The summed E-state index contributed by atoms with van der Waals surface area (Å²) >= 11 is 0. The maximum absolute atomic E-state index is 13.0. The van der Waals surface area contributed by atoms with Crippen molar-refractivity contribution in [3.05, 3.63) is 51.3 Å². The highest BCUT2D eigenvalue weighted by molar-refractivity contribution is 7.52. The topological polar surface area (TPSA) is 166 Å². The van der Waals surface area contributed by atoms with Crippen LogP contribution in [0.15, 0.2) is 34.5 Å². The van der Waals surface area contributed by atoms with Crippen molar-refractivity contribution < 1.29 is 51.1 Å². The first-order valence-corrected chi connectivity index (χ1v) is 10.7. The third-order valence-corrected chi connectivity index (χ3v) is 6.30. The number of nitrogens with one attached hydrogen (secondary N) is 1. The molecule has 0 spiro atoms. The zero-order chi connectivity index (χ0) is 24.7. The average molecular weight is 499 g/mol. The number of H-pyrrole nitrogens is 1. The van der Waals surface area contributed by atoms with Crippen LogP contribution in [0.2, 0.25) is 0 Å². The Balaban J connectivity index is 1.83. The Kier molecular flexibility index (Phi) is 6.68. The van der Waals surface area contributed by atoms with Crippen molar-refractivity contribution in [1.82, 2.24) is 13.9 Å². The lowest BCUT2D eigenvalue weighted by molar-refractivity contribution is -0.670. The molecule has 0 bridgehead atoms. The summed E-state index contributed by atoms with van der Waals surface area (Å²) in [7, 11) is -3.53. The largest absolute Gasteiger partial charge is 0.585 e. The maximum Gasteiger partial charge on any atom is 0.585 e. The molecule has 0 aromatic carbocycles. The predicted octanol–water partition coefficient (Wildman–Crippen LogP) is -1.13. The molecule has 0 amide bonds. The summed E-state index contributed by atoms with van der Waals surface area (Å²) in [5.74, 6) is -2.77. The molecule has 3 rings (SSSR count). The van der Waals surface area contributed by atoms with E-state index in [-0.39, 0.29) is 5.56 Å². The molecule has 3 heterocycles. The third kappa shape index (κ3) is 5.09. The molecule has 2 aromatic rings. The molecule has 33 heavy (non-hydrogen) atoms. The Hall–Kier alpha value is -2.78. The first-order chi connectivity index (χ1) is 15.2. The van der Waals surface area contributed by atoms with Crippen molar-refractivity contribution in [3.63, 3.8) is 0 Å². The molecule has 1 unspecified atom stereocenters. The van der Waals surface area contributed by atoms with E-state index in [1.165, 1.54) is 24.7 Å². The third-order valence-electron chi connectivity index (χ3n) is 4.63. The molecule has 0 aliphatic carbocycles. The van der Waals surface area contributed by atoms with Crippen LogP contribution in [0.3, 0.4) is 0 Å². The van der Waals surface area contributed by atoms with Gasteiger partial charge in [0, 0.05) is 11.8 Å². The second-order valence-corrected chi connectivity index (χ2v) is 8.96. The van der Waals surface area contributed by atoms with Crippen LogP contribution in [0.4, 0.5) is 13.2 Å². The van der Waals surface area contributed by atoms with E-state index in [2.05, 4.69) is 4.52 Å². The number of aliphatic hydroxyl groups is 2. The summed E-state index contributed by atoms with van der Waals surface area (Å²) in [5, 5.41) is 20.5. The molecule has 3 N–H and O–H groups in total. The Morgan fingerprint density at radius 1 is 1.33 bits per heavy atom. The number of aromatic amines is 1. The highest BCUT2D eigenvalue weighted by Gasteiger charge is 2.51. The number of hydrogen-bond acceptors (Lipinski definition) is 9. The first kappa shape index (κ1) is 24.9. The Labute approximate surface area is 182 Å². The van der Waals surface area contributed by atoms with Gasteiger partial charge in [0.25, 0.3) is 11.9 Å². The lowest BCUT2D eigenvalue weighted by Gasteiger charge is -2.19. The first-order valence-electron chi connectivity index (χ1n) is 9.16. The van der Waals surface area contributed by atoms with Crippen molar-refractivity contribution in [2.75, 3.05) is 6.61 Å². The van der Waals surface area contributed by atoms with E-state index in [9.17, 15) is 42.3 Å². The van der Waals surface area contributed by atoms with Gasteiger partial charge in [0.15, 0.2) is 6.23 Å². The Bertz CT molecular complexity index is 1210. The number of aliphatic hydroxyl groups excluding tert-OH is 2. The van der Waals surface area contributed by atoms with Crippen molar-refractivity contribution in [2.45, 2.75) is 37.6 Å². The quantitative estimate of drug-likeness (QED) is 0.329. The van der Waals surface area contributed by atoms with E-state index < -0.39 is 62.3 Å². The number of imidazole rings is 1. The number of carbonyl (C=O) groups excluding carboxylic acids is 1. The smallest absolute Gasteiger partial charge is 0.387 e. The van der Waals surface area contributed by atoms with Crippen LogP contribution in [0.1, 0.15) is 11.8 Å². The summed E-state index contributed by atoms with van der Waals surface area (Å²) in [6, 6.07) is 0. The minimum absolute atomic E-state index is 0.0867. The number of alkyl halides is 3. The van der Waals surface area contributed by atoms with Crippen LogP contribution >= 0.6 is 7.75 Å². The number of rotatable bonds is 6. The van der Waals surface area contributed by atoms with Crippen LogP contribution in [0.25, 0.3) is 0 Å². The summed E-state index contributed by atoms with van der Waals surface area (Å²) in [6.07, 6.45) is -7.58. The van der Waals surface area contributed by atoms with Gasteiger partial charge in [-0.2, -0.15) is 13.2 Å². The molecule has 2 aromatic heterocycles. The molecular weight excluding hydrogens is 480 g/mol. The van der Waals surface area contributed by atoms with Gasteiger partial charge < -0.3 is 19.5 Å². The fraction of sp³-hybridized carbons (Fsp3) is 0.500. The number of hydrogen-bond donors (Lipinski definition) is 3. The molecule has 0 saturated carbocycles. The summed E-state index contributed by atoms with van der Waals surface area (Å²) in [4.78, 5) is 36.9. The van der Waals surface area contributed by atoms with E-state index in [0.717, 1.165) is 23.3 Å². The van der Waals surface area contributed by atoms with Gasteiger partial charge in [0.1, 0.15) is 30.7 Å².